The molecular formula is C21H40O. The van der Waals surface area contributed by atoms with Crippen molar-refractivity contribution in [2.24, 2.45) is 27.6 Å². The highest BCUT2D eigenvalue weighted by Crippen LogP contribution is 2.53. The first-order valence-corrected chi connectivity index (χ1v) is 9.27. The number of Topliss-reactive ketones (excluding diaryl/α,β-unsaturated/α-hetero) is 1. The Labute approximate surface area is 139 Å². The van der Waals surface area contributed by atoms with Crippen LogP contribution in [0.15, 0.2) is 0 Å². The van der Waals surface area contributed by atoms with E-state index >= 15 is 0 Å². The third-order valence-electron chi connectivity index (χ3n) is 6.25. The van der Waals surface area contributed by atoms with E-state index in [0.29, 0.717) is 11.7 Å². The Balaban J connectivity index is 3.15. The van der Waals surface area contributed by atoms with Crippen molar-refractivity contribution in [2.75, 3.05) is 0 Å². The molecule has 1 fully saturated rings. The molecule has 0 saturated heterocycles. The Morgan fingerprint density at radius 2 is 1.27 bits per heavy atom. The second-order valence-corrected chi connectivity index (χ2v) is 10.7. The van der Waals surface area contributed by atoms with Crippen molar-refractivity contribution in [3.8, 4) is 0 Å². The molecule has 1 nitrogen and oxygen atoms in total. The first kappa shape index (κ1) is 19.7. The van der Waals surface area contributed by atoms with Gasteiger partial charge in [0.25, 0.3) is 0 Å². The fourth-order valence-electron chi connectivity index (χ4n) is 4.47. The molecule has 0 spiro atoms. The van der Waals surface area contributed by atoms with E-state index in [-0.39, 0.29) is 21.7 Å². The minimum Gasteiger partial charge on any atom is -0.298 e. The van der Waals surface area contributed by atoms with E-state index in [9.17, 15) is 4.79 Å². The van der Waals surface area contributed by atoms with E-state index in [1.165, 1.54) is 32.1 Å². The van der Waals surface area contributed by atoms with Gasteiger partial charge in [0, 0.05) is 10.8 Å². The maximum absolute atomic E-state index is 13.7. The van der Waals surface area contributed by atoms with E-state index in [1.807, 2.05) is 0 Å². The molecule has 1 saturated carbocycles. The summed E-state index contributed by atoms with van der Waals surface area (Å²) in [6.45, 7) is 20.2. The first-order chi connectivity index (χ1) is 9.72. The predicted molar refractivity (Wildman–Crippen MR) is 97.0 cm³/mol. The first-order valence-electron chi connectivity index (χ1n) is 9.27. The summed E-state index contributed by atoms with van der Waals surface area (Å²) < 4.78 is 0. The number of hydrogen-bond donors (Lipinski definition) is 0. The minimum absolute atomic E-state index is 0.0106. The summed E-state index contributed by atoms with van der Waals surface area (Å²) in [4.78, 5) is 13.7. The van der Waals surface area contributed by atoms with Gasteiger partial charge in [-0.3, -0.25) is 4.79 Å². The van der Waals surface area contributed by atoms with Crippen LogP contribution in [0.1, 0.15) is 101 Å². The zero-order valence-corrected chi connectivity index (χ0v) is 16.7. The maximum atomic E-state index is 13.7. The van der Waals surface area contributed by atoms with Crippen molar-refractivity contribution in [2.45, 2.75) is 101 Å². The van der Waals surface area contributed by atoms with Gasteiger partial charge in [-0.1, -0.05) is 81.6 Å². The fourth-order valence-corrected chi connectivity index (χ4v) is 4.47. The molecule has 1 rings (SSSR count). The molecule has 0 aromatic carbocycles. The van der Waals surface area contributed by atoms with Crippen molar-refractivity contribution in [1.82, 2.24) is 0 Å². The average Bonchev–Trinajstić information content (AvgIpc) is 2.35. The van der Waals surface area contributed by atoms with Crippen LogP contribution in [0, 0.1) is 27.6 Å². The number of hydrogen-bond acceptors (Lipinski definition) is 1. The van der Waals surface area contributed by atoms with Crippen LogP contribution in [0.25, 0.3) is 0 Å². The molecule has 0 bridgehead atoms. The predicted octanol–water partition coefficient (Wildman–Crippen LogP) is 6.65. The molecule has 1 aliphatic carbocycles. The smallest absolute Gasteiger partial charge is 0.145 e. The van der Waals surface area contributed by atoms with Crippen LogP contribution in [0.5, 0.6) is 0 Å². The zero-order valence-electron chi connectivity index (χ0n) is 16.7. The maximum Gasteiger partial charge on any atom is 0.145 e. The van der Waals surface area contributed by atoms with E-state index in [1.54, 1.807) is 0 Å². The highest BCUT2D eigenvalue weighted by atomic mass is 16.1. The summed E-state index contributed by atoms with van der Waals surface area (Å²) in [7, 11) is 0. The van der Waals surface area contributed by atoms with Crippen LogP contribution in [0.3, 0.4) is 0 Å². The summed E-state index contributed by atoms with van der Waals surface area (Å²) in [5, 5.41) is 0. The molecule has 130 valence electrons. The Bertz CT molecular complexity index is 385. The summed E-state index contributed by atoms with van der Waals surface area (Å²) >= 11 is 0. The van der Waals surface area contributed by atoms with Gasteiger partial charge >= 0.3 is 0 Å². The number of carbonyl (C=O) groups is 1. The van der Waals surface area contributed by atoms with Gasteiger partial charge in [-0.15, -0.1) is 0 Å². The summed E-state index contributed by atoms with van der Waals surface area (Å²) in [5.41, 5.74) is -0.316. The van der Waals surface area contributed by atoms with Crippen molar-refractivity contribution >= 4 is 5.78 Å². The molecule has 1 heteroatoms. The van der Waals surface area contributed by atoms with E-state index < -0.39 is 0 Å². The molecule has 0 amide bonds. The molecular weight excluding hydrogens is 268 g/mol. The van der Waals surface area contributed by atoms with Crippen molar-refractivity contribution in [3.63, 3.8) is 0 Å². The largest absolute Gasteiger partial charge is 0.298 e. The quantitative estimate of drug-likeness (QED) is 0.568. The summed E-state index contributed by atoms with van der Waals surface area (Å²) in [6.07, 6.45) is 7.36. The fraction of sp³-hybridized carbons (Fsp3) is 0.952. The Morgan fingerprint density at radius 3 is 1.64 bits per heavy atom. The minimum atomic E-state index is -0.272. The van der Waals surface area contributed by atoms with E-state index in [0.717, 1.165) is 6.42 Å². The number of carbonyl (C=O) groups excluding carboxylic acids is 1. The topological polar surface area (TPSA) is 17.1 Å². The molecule has 0 aromatic rings. The molecule has 1 aliphatic rings. The Hall–Kier alpha value is -0.330. The molecule has 0 aliphatic heterocycles. The van der Waals surface area contributed by atoms with Gasteiger partial charge in [-0.05, 0) is 36.0 Å². The molecule has 22 heavy (non-hydrogen) atoms. The van der Waals surface area contributed by atoms with E-state index in [4.69, 9.17) is 0 Å². The second-order valence-electron chi connectivity index (χ2n) is 10.7. The van der Waals surface area contributed by atoms with Gasteiger partial charge in [0.1, 0.15) is 5.78 Å². The van der Waals surface area contributed by atoms with Crippen molar-refractivity contribution in [3.05, 3.63) is 0 Å². The van der Waals surface area contributed by atoms with Gasteiger partial charge in [0.2, 0.25) is 0 Å². The normalized spacial score (nSPS) is 21.5. The van der Waals surface area contributed by atoms with Crippen LogP contribution in [-0.2, 0) is 4.79 Å². The lowest BCUT2D eigenvalue weighted by atomic mass is 9.53. The van der Waals surface area contributed by atoms with Gasteiger partial charge in [-0.25, -0.2) is 0 Å². The lowest BCUT2D eigenvalue weighted by molar-refractivity contribution is -0.149. The molecule has 0 heterocycles. The molecule has 0 aromatic heterocycles. The average molecular weight is 309 g/mol. The zero-order chi connectivity index (χ0) is 17.4. The number of ketones is 1. The highest BCUT2D eigenvalue weighted by Gasteiger charge is 2.52. The summed E-state index contributed by atoms with van der Waals surface area (Å²) in [5.74, 6) is 1.06. The lowest BCUT2D eigenvalue weighted by Crippen LogP contribution is -2.51. The molecule has 0 radical (unpaired) electrons. The van der Waals surface area contributed by atoms with Crippen LogP contribution in [-0.4, -0.2) is 5.78 Å². The Kier molecular flexibility index (Phi) is 5.63. The van der Waals surface area contributed by atoms with E-state index in [2.05, 4.69) is 62.3 Å². The van der Waals surface area contributed by atoms with Crippen LogP contribution in [0.2, 0.25) is 0 Å². The molecule has 1 unspecified atom stereocenters. The van der Waals surface area contributed by atoms with Crippen LogP contribution in [0.4, 0.5) is 0 Å². The SMILES string of the molecule is CC(C)(C)CC(C)(C(=O)C(C)(C)C1CCCCC1)C(C)(C)C. The Morgan fingerprint density at radius 1 is 0.818 bits per heavy atom. The van der Waals surface area contributed by atoms with Gasteiger partial charge in [-0.2, -0.15) is 0 Å². The van der Waals surface area contributed by atoms with Crippen molar-refractivity contribution in [1.29, 1.82) is 0 Å². The van der Waals surface area contributed by atoms with Crippen molar-refractivity contribution < 1.29 is 4.79 Å². The molecule has 0 N–H and O–H groups in total. The summed E-state index contributed by atoms with van der Waals surface area (Å²) in [6, 6.07) is 0. The van der Waals surface area contributed by atoms with Crippen LogP contribution >= 0.6 is 0 Å². The van der Waals surface area contributed by atoms with Gasteiger partial charge in [0.05, 0.1) is 0 Å². The third-order valence-corrected chi connectivity index (χ3v) is 6.25. The molecule has 1 atom stereocenters. The standard InChI is InChI=1S/C21H40O/c1-18(2,3)15-21(9,19(4,5)6)17(22)20(7,8)16-13-11-10-12-14-16/h16H,10-15H2,1-9H3. The second kappa shape index (κ2) is 6.29. The lowest BCUT2D eigenvalue weighted by Gasteiger charge is -2.50. The van der Waals surface area contributed by atoms with Crippen LogP contribution < -0.4 is 0 Å². The highest BCUT2D eigenvalue weighted by molar-refractivity contribution is 5.90. The van der Waals surface area contributed by atoms with Gasteiger partial charge < -0.3 is 0 Å². The third kappa shape index (κ3) is 4.15. The monoisotopic (exact) mass is 308 g/mol. The van der Waals surface area contributed by atoms with Gasteiger partial charge in [0.15, 0.2) is 0 Å². The number of rotatable bonds is 4.